The van der Waals surface area contributed by atoms with E-state index in [4.69, 9.17) is 11.6 Å². The molecule has 1 nitrogen and oxygen atoms in total. The Morgan fingerprint density at radius 3 is 2.92 bits per heavy atom. The summed E-state index contributed by atoms with van der Waals surface area (Å²) in [5.41, 5.74) is 2.08. The summed E-state index contributed by atoms with van der Waals surface area (Å²) < 4.78 is 0. The smallest absolute Gasteiger partial charge is 0.0716 e. The van der Waals surface area contributed by atoms with Gasteiger partial charge in [0.1, 0.15) is 0 Å². The number of rotatable bonds is 1. The third-order valence-corrected chi connectivity index (χ3v) is 2.23. The van der Waals surface area contributed by atoms with E-state index in [-0.39, 0.29) is 0 Å². The summed E-state index contributed by atoms with van der Waals surface area (Å²) >= 11 is 5.84. The first-order valence-corrected chi connectivity index (χ1v) is 4.51. The van der Waals surface area contributed by atoms with E-state index in [9.17, 15) is 0 Å². The molecule has 0 amide bonds. The fraction of sp³-hybridized carbons (Fsp3) is 0.0909. The minimum atomic E-state index is 0.724. The Hall–Kier alpha value is -1.08. The summed E-state index contributed by atoms with van der Waals surface area (Å²) in [5, 5.41) is 1.84. The predicted octanol–water partition coefficient (Wildman–Crippen LogP) is 3.26. The van der Waals surface area contributed by atoms with Crippen LogP contribution in [0.3, 0.4) is 0 Å². The second-order valence-corrected chi connectivity index (χ2v) is 3.37. The van der Waals surface area contributed by atoms with Crippen LogP contribution in [-0.4, -0.2) is 4.98 Å². The van der Waals surface area contributed by atoms with Gasteiger partial charge in [-0.1, -0.05) is 17.7 Å². The average Bonchev–Trinajstić information content (AvgIpc) is 2.17. The van der Waals surface area contributed by atoms with E-state index < -0.39 is 0 Å². The molecule has 1 radical (unpaired) electrons. The molecule has 2 aromatic rings. The Labute approximate surface area is 82.4 Å². The van der Waals surface area contributed by atoms with Crippen LogP contribution in [0.4, 0.5) is 0 Å². The minimum Gasteiger partial charge on any atom is -0.256 e. The van der Waals surface area contributed by atoms with Crippen molar-refractivity contribution in [1.29, 1.82) is 0 Å². The van der Waals surface area contributed by atoms with Crippen LogP contribution in [0.5, 0.6) is 0 Å². The van der Waals surface area contributed by atoms with Gasteiger partial charge in [0.2, 0.25) is 0 Å². The fourth-order valence-corrected chi connectivity index (χ4v) is 1.44. The van der Waals surface area contributed by atoms with Gasteiger partial charge in [0, 0.05) is 16.6 Å². The molecule has 0 aliphatic carbocycles. The Morgan fingerprint density at radius 1 is 1.31 bits per heavy atom. The molecule has 0 fully saturated rings. The number of hydrogen-bond donors (Lipinski definition) is 0. The highest BCUT2D eigenvalue weighted by Crippen LogP contribution is 2.18. The van der Waals surface area contributed by atoms with Crippen LogP contribution in [-0.2, 0) is 6.42 Å². The molecule has 0 bridgehead atoms. The molecule has 1 heterocycles. The molecule has 0 aliphatic heterocycles. The molecular formula is C11H9ClN. The molecule has 0 aliphatic rings. The van der Waals surface area contributed by atoms with Gasteiger partial charge < -0.3 is 0 Å². The van der Waals surface area contributed by atoms with Gasteiger partial charge in [-0.25, -0.2) is 0 Å². The van der Waals surface area contributed by atoms with Crippen LogP contribution in [0.15, 0.2) is 30.5 Å². The lowest BCUT2D eigenvalue weighted by molar-refractivity contribution is 1.22. The molecule has 1 aromatic carbocycles. The molecular weight excluding hydrogens is 182 g/mol. The van der Waals surface area contributed by atoms with E-state index in [1.807, 2.05) is 24.4 Å². The second kappa shape index (κ2) is 3.35. The third-order valence-electron chi connectivity index (χ3n) is 1.99. The van der Waals surface area contributed by atoms with Crippen molar-refractivity contribution in [2.24, 2.45) is 0 Å². The van der Waals surface area contributed by atoms with E-state index >= 15 is 0 Å². The molecule has 65 valence electrons. The van der Waals surface area contributed by atoms with Crippen molar-refractivity contribution >= 4 is 22.5 Å². The number of nitrogens with zero attached hydrogens (tertiary/aromatic N) is 1. The van der Waals surface area contributed by atoms with E-state index in [2.05, 4.69) is 18.0 Å². The molecule has 2 rings (SSSR count). The molecule has 0 N–H and O–H groups in total. The zero-order chi connectivity index (χ0) is 9.26. The number of benzene rings is 1. The first-order valence-electron chi connectivity index (χ1n) is 4.13. The predicted molar refractivity (Wildman–Crippen MR) is 55.8 cm³/mol. The van der Waals surface area contributed by atoms with Crippen molar-refractivity contribution in [3.63, 3.8) is 0 Å². The number of fused-ring (bicyclic) bond motifs is 1. The van der Waals surface area contributed by atoms with Crippen LogP contribution in [0.2, 0.25) is 5.02 Å². The molecule has 1 aromatic heterocycles. The lowest BCUT2D eigenvalue weighted by Gasteiger charge is -2.00. The molecule has 13 heavy (non-hydrogen) atoms. The summed E-state index contributed by atoms with van der Waals surface area (Å²) in [6, 6.07) is 7.80. The zero-order valence-corrected chi connectivity index (χ0v) is 7.88. The maximum atomic E-state index is 5.84. The maximum Gasteiger partial charge on any atom is 0.0716 e. The Morgan fingerprint density at radius 2 is 2.15 bits per heavy atom. The van der Waals surface area contributed by atoms with Crippen LogP contribution in [0.1, 0.15) is 5.56 Å². The van der Waals surface area contributed by atoms with Crippen LogP contribution < -0.4 is 0 Å². The highest BCUT2D eigenvalue weighted by molar-refractivity contribution is 6.31. The summed E-state index contributed by atoms with van der Waals surface area (Å²) in [6.45, 7) is 3.81. The third kappa shape index (κ3) is 1.65. The monoisotopic (exact) mass is 190 g/mol. The van der Waals surface area contributed by atoms with Gasteiger partial charge in [0.25, 0.3) is 0 Å². The molecule has 0 saturated heterocycles. The summed E-state index contributed by atoms with van der Waals surface area (Å²) in [6.07, 6.45) is 2.61. The molecule has 0 unspecified atom stereocenters. The van der Waals surface area contributed by atoms with Gasteiger partial charge in [0.05, 0.1) is 5.52 Å². The number of aromatic nitrogens is 1. The van der Waals surface area contributed by atoms with Crippen molar-refractivity contribution in [1.82, 2.24) is 4.98 Å². The zero-order valence-electron chi connectivity index (χ0n) is 7.13. The highest BCUT2D eigenvalue weighted by atomic mass is 35.5. The second-order valence-electron chi connectivity index (χ2n) is 2.93. The van der Waals surface area contributed by atoms with Gasteiger partial charge in [0.15, 0.2) is 0 Å². The average molecular weight is 191 g/mol. The normalized spacial score (nSPS) is 10.6. The van der Waals surface area contributed by atoms with E-state index in [1.165, 1.54) is 0 Å². The number of halogens is 1. The lowest BCUT2D eigenvalue weighted by Crippen LogP contribution is -1.84. The van der Waals surface area contributed by atoms with Crippen molar-refractivity contribution < 1.29 is 0 Å². The molecule has 0 saturated carbocycles. The van der Waals surface area contributed by atoms with Gasteiger partial charge >= 0.3 is 0 Å². The quantitative estimate of drug-likeness (QED) is 0.673. The van der Waals surface area contributed by atoms with Crippen molar-refractivity contribution in [3.05, 3.63) is 48.0 Å². The van der Waals surface area contributed by atoms with Crippen molar-refractivity contribution in [3.8, 4) is 0 Å². The van der Waals surface area contributed by atoms with Crippen LogP contribution in [0.25, 0.3) is 10.9 Å². The first kappa shape index (κ1) is 8.52. The van der Waals surface area contributed by atoms with Crippen molar-refractivity contribution in [2.45, 2.75) is 6.42 Å². The molecule has 0 atom stereocenters. The van der Waals surface area contributed by atoms with E-state index in [0.29, 0.717) is 0 Å². The largest absolute Gasteiger partial charge is 0.256 e. The molecule has 2 heteroatoms. The van der Waals surface area contributed by atoms with Gasteiger partial charge in [-0.15, -0.1) is 0 Å². The van der Waals surface area contributed by atoms with Gasteiger partial charge in [-0.2, -0.15) is 0 Å². The number of hydrogen-bond acceptors (Lipinski definition) is 1. The standard InChI is InChI=1S/C11H9ClN/c1-2-8-5-9-3-4-10(12)6-11(9)13-7-8/h3-7H,1-2H2. The molecule has 0 spiro atoms. The Balaban J connectivity index is 2.66. The van der Waals surface area contributed by atoms with Crippen LogP contribution >= 0.6 is 11.6 Å². The minimum absolute atomic E-state index is 0.724. The highest BCUT2D eigenvalue weighted by Gasteiger charge is 1.96. The van der Waals surface area contributed by atoms with E-state index in [1.54, 1.807) is 0 Å². The summed E-state index contributed by atoms with van der Waals surface area (Å²) in [5.74, 6) is 0. The van der Waals surface area contributed by atoms with Gasteiger partial charge in [-0.3, -0.25) is 4.98 Å². The Kier molecular flexibility index (Phi) is 2.19. The lowest BCUT2D eigenvalue weighted by atomic mass is 10.1. The number of pyridine rings is 1. The topological polar surface area (TPSA) is 12.9 Å². The van der Waals surface area contributed by atoms with Crippen molar-refractivity contribution in [2.75, 3.05) is 0 Å². The fourth-order valence-electron chi connectivity index (χ4n) is 1.28. The maximum absolute atomic E-state index is 5.84. The SMILES string of the molecule is [CH2]Cc1cnc2cc(Cl)ccc2c1. The van der Waals surface area contributed by atoms with Crippen LogP contribution in [0, 0.1) is 6.92 Å². The van der Waals surface area contributed by atoms with E-state index in [0.717, 1.165) is 27.9 Å². The Bertz CT molecular complexity index is 437. The summed E-state index contributed by atoms with van der Waals surface area (Å²) in [4.78, 5) is 4.29. The first-order chi connectivity index (χ1) is 6.29. The van der Waals surface area contributed by atoms with Gasteiger partial charge in [-0.05, 0) is 37.1 Å². The summed E-state index contributed by atoms with van der Waals surface area (Å²) in [7, 11) is 0.